The summed E-state index contributed by atoms with van der Waals surface area (Å²) >= 11 is 5.92. The number of amides is 1. The van der Waals surface area contributed by atoms with Gasteiger partial charge in [-0.1, -0.05) is 41.9 Å². The Balaban J connectivity index is 1.27. The number of hydrogen-bond donors (Lipinski definition) is 1. The van der Waals surface area contributed by atoms with E-state index < -0.39 is 0 Å². The second-order valence-electron chi connectivity index (χ2n) is 7.98. The number of carbonyl (C=O) groups excluding carboxylic acids is 2. The number of nitrogens with zero attached hydrogens (tertiary/aromatic N) is 3. The molecule has 6 nitrogen and oxygen atoms in total. The van der Waals surface area contributed by atoms with Crippen LogP contribution in [0.15, 0.2) is 66.9 Å². The average molecular weight is 445 g/mol. The third kappa shape index (κ3) is 4.01. The summed E-state index contributed by atoms with van der Waals surface area (Å²) in [6, 6.07) is 18.5. The lowest BCUT2D eigenvalue weighted by Gasteiger charge is -2.31. The Hall–Kier alpha value is -3.51. The molecular formula is C25H21ClN4O2. The standard InChI is InChI=1S/C25H21ClN4O2/c26-20-8-6-16(7-9-20)22(31)17-10-12-30(13-11-17)25(32)21-14-19-15-27-23(29-24(19)28-21)18-4-2-1-3-5-18/h1-9,14-15,17H,10-13H2,(H,27,28,29). The van der Waals surface area contributed by atoms with Gasteiger partial charge in [-0.05, 0) is 43.2 Å². The van der Waals surface area contributed by atoms with Crippen molar-refractivity contribution in [3.63, 3.8) is 0 Å². The van der Waals surface area contributed by atoms with Crippen molar-refractivity contribution in [1.82, 2.24) is 19.9 Å². The number of hydrogen-bond acceptors (Lipinski definition) is 4. The lowest BCUT2D eigenvalue weighted by Crippen LogP contribution is -2.40. The van der Waals surface area contributed by atoms with E-state index in [1.165, 1.54) is 0 Å². The maximum Gasteiger partial charge on any atom is 0.270 e. The van der Waals surface area contributed by atoms with E-state index in [0.29, 0.717) is 53.7 Å². The highest BCUT2D eigenvalue weighted by Gasteiger charge is 2.29. The molecule has 160 valence electrons. The highest BCUT2D eigenvalue weighted by Crippen LogP contribution is 2.25. The second-order valence-corrected chi connectivity index (χ2v) is 8.42. The van der Waals surface area contributed by atoms with Crippen LogP contribution in [0.2, 0.25) is 5.02 Å². The summed E-state index contributed by atoms with van der Waals surface area (Å²) in [4.78, 5) is 39.8. The van der Waals surface area contributed by atoms with Gasteiger partial charge < -0.3 is 9.88 Å². The number of fused-ring (bicyclic) bond motifs is 1. The molecule has 4 aromatic rings. The van der Waals surface area contributed by atoms with Gasteiger partial charge in [0.2, 0.25) is 0 Å². The van der Waals surface area contributed by atoms with Gasteiger partial charge >= 0.3 is 0 Å². The zero-order valence-electron chi connectivity index (χ0n) is 17.3. The van der Waals surface area contributed by atoms with Crippen LogP contribution in [-0.2, 0) is 0 Å². The van der Waals surface area contributed by atoms with Crippen LogP contribution < -0.4 is 0 Å². The molecule has 0 bridgehead atoms. The van der Waals surface area contributed by atoms with E-state index in [1.54, 1.807) is 41.4 Å². The van der Waals surface area contributed by atoms with E-state index in [0.717, 1.165) is 10.9 Å². The molecule has 0 aliphatic carbocycles. The molecular weight excluding hydrogens is 424 g/mol. The first-order valence-electron chi connectivity index (χ1n) is 10.6. The molecule has 1 fully saturated rings. The predicted octanol–water partition coefficient (Wildman–Crippen LogP) is 5.01. The van der Waals surface area contributed by atoms with Gasteiger partial charge in [0, 0.05) is 46.7 Å². The first-order chi connectivity index (χ1) is 15.6. The molecule has 0 saturated carbocycles. The van der Waals surface area contributed by atoms with Crippen LogP contribution >= 0.6 is 11.6 Å². The zero-order valence-corrected chi connectivity index (χ0v) is 18.0. The maximum atomic E-state index is 13.1. The zero-order chi connectivity index (χ0) is 22.1. The number of ketones is 1. The Morgan fingerprint density at radius 2 is 1.72 bits per heavy atom. The lowest BCUT2D eigenvalue weighted by atomic mass is 9.89. The maximum absolute atomic E-state index is 13.1. The number of carbonyl (C=O) groups is 2. The number of benzene rings is 2. The molecule has 2 aromatic heterocycles. The average Bonchev–Trinajstić information content (AvgIpc) is 3.28. The number of aromatic amines is 1. The Morgan fingerprint density at radius 3 is 2.44 bits per heavy atom. The van der Waals surface area contributed by atoms with E-state index in [-0.39, 0.29) is 17.6 Å². The highest BCUT2D eigenvalue weighted by atomic mass is 35.5. The van der Waals surface area contributed by atoms with Crippen molar-refractivity contribution in [2.75, 3.05) is 13.1 Å². The summed E-state index contributed by atoms with van der Waals surface area (Å²) < 4.78 is 0. The van der Waals surface area contributed by atoms with Gasteiger partial charge in [0.15, 0.2) is 11.6 Å². The third-order valence-corrected chi connectivity index (χ3v) is 6.17. The first-order valence-corrected chi connectivity index (χ1v) is 11.0. The minimum Gasteiger partial charge on any atom is -0.337 e. The van der Waals surface area contributed by atoms with E-state index in [4.69, 9.17) is 11.6 Å². The Morgan fingerprint density at radius 1 is 1.00 bits per heavy atom. The molecule has 0 spiro atoms. The summed E-state index contributed by atoms with van der Waals surface area (Å²) in [5, 5.41) is 1.40. The van der Waals surface area contributed by atoms with Crippen LogP contribution in [0.4, 0.5) is 0 Å². The van der Waals surface area contributed by atoms with Crippen LogP contribution in [0.5, 0.6) is 0 Å². The fourth-order valence-electron chi connectivity index (χ4n) is 4.12. The molecule has 1 aliphatic heterocycles. The van der Waals surface area contributed by atoms with Crippen molar-refractivity contribution in [1.29, 1.82) is 0 Å². The molecule has 1 aliphatic rings. The second kappa shape index (κ2) is 8.55. The van der Waals surface area contributed by atoms with Gasteiger partial charge in [-0.15, -0.1) is 0 Å². The van der Waals surface area contributed by atoms with Crippen molar-refractivity contribution in [3.05, 3.63) is 83.1 Å². The van der Waals surface area contributed by atoms with Crippen LogP contribution in [0, 0.1) is 5.92 Å². The minimum absolute atomic E-state index is 0.0813. The molecule has 1 N–H and O–H groups in total. The number of likely N-dealkylation sites (tertiary alicyclic amines) is 1. The van der Waals surface area contributed by atoms with Crippen LogP contribution in [0.3, 0.4) is 0 Å². The molecule has 1 amide bonds. The fourth-order valence-corrected chi connectivity index (χ4v) is 4.25. The van der Waals surface area contributed by atoms with Gasteiger partial charge in [0.25, 0.3) is 5.91 Å². The van der Waals surface area contributed by atoms with Gasteiger partial charge in [0.05, 0.1) is 0 Å². The minimum atomic E-state index is -0.0818. The normalized spacial score (nSPS) is 14.6. The van der Waals surface area contributed by atoms with Crippen molar-refractivity contribution < 1.29 is 9.59 Å². The Kier molecular flexibility index (Phi) is 5.45. The van der Waals surface area contributed by atoms with Gasteiger partial charge in [0.1, 0.15) is 11.3 Å². The monoisotopic (exact) mass is 444 g/mol. The molecule has 0 radical (unpaired) electrons. The summed E-state index contributed by atoms with van der Waals surface area (Å²) in [7, 11) is 0. The number of aromatic nitrogens is 3. The van der Waals surface area contributed by atoms with Crippen molar-refractivity contribution >= 4 is 34.3 Å². The predicted molar refractivity (Wildman–Crippen MR) is 124 cm³/mol. The Labute approximate surface area is 190 Å². The van der Waals surface area contributed by atoms with E-state index in [2.05, 4.69) is 15.0 Å². The van der Waals surface area contributed by atoms with E-state index in [9.17, 15) is 9.59 Å². The topological polar surface area (TPSA) is 79.0 Å². The van der Waals surface area contributed by atoms with E-state index in [1.807, 2.05) is 30.3 Å². The third-order valence-electron chi connectivity index (χ3n) is 5.91. The molecule has 0 atom stereocenters. The number of piperidine rings is 1. The molecule has 7 heteroatoms. The molecule has 1 saturated heterocycles. The molecule has 3 heterocycles. The fraction of sp³-hybridized carbons (Fsp3) is 0.200. The summed E-state index contributed by atoms with van der Waals surface area (Å²) in [6.07, 6.45) is 3.02. The van der Waals surface area contributed by atoms with Gasteiger partial charge in [-0.2, -0.15) is 0 Å². The summed E-state index contributed by atoms with van der Waals surface area (Å²) in [5.41, 5.74) is 2.71. The summed E-state index contributed by atoms with van der Waals surface area (Å²) in [6.45, 7) is 1.08. The SMILES string of the molecule is O=C(c1ccc(Cl)cc1)C1CCN(C(=O)c2cc3cnc(-c4ccccc4)nc3[nH]2)CC1. The van der Waals surface area contributed by atoms with Crippen LogP contribution in [-0.4, -0.2) is 44.6 Å². The molecule has 0 unspecified atom stereocenters. The van der Waals surface area contributed by atoms with Crippen molar-refractivity contribution in [2.45, 2.75) is 12.8 Å². The first kappa shape index (κ1) is 20.4. The number of Topliss-reactive ketones (excluding diaryl/α,β-unsaturated/α-hetero) is 1. The highest BCUT2D eigenvalue weighted by molar-refractivity contribution is 6.30. The van der Waals surface area contributed by atoms with Gasteiger partial charge in [-0.3, -0.25) is 9.59 Å². The van der Waals surface area contributed by atoms with Crippen LogP contribution in [0.25, 0.3) is 22.4 Å². The molecule has 2 aromatic carbocycles. The lowest BCUT2D eigenvalue weighted by molar-refractivity contribution is 0.0646. The smallest absolute Gasteiger partial charge is 0.270 e. The van der Waals surface area contributed by atoms with Crippen molar-refractivity contribution in [2.24, 2.45) is 5.92 Å². The molecule has 5 rings (SSSR count). The van der Waals surface area contributed by atoms with Crippen LogP contribution in [0.1, 0.15) is 33.7 Å². The number of H-pyrrole nitrogens is 1. The number of nitrogens with one attached hydrogen (secondary N) is 1. The van der Waals surface area contributed by atoms with E-state index >= 15 is 0 Å². The van der Waals surface area contributed by atoms with Gasteiger partial charge in [-0.25, -0.2) is 9.97 Å². The quantitative estimate of drug-likeness (QED) is 0.448. The summed E-state index contributed by atoms with van der Waals surface area (Å²) in [5.74, 6) is 0.562. The largest absolute Gasteiger partial charge is 0.337 e. The number of halogens is 1. The Bertz CT molecular complexity index is 1280. The van der Waals surface area contributed by atoms with Crippen molar-refractivity contribution in [3.8, 4) is 11.4 Å². The number of rotatable bonds is 4. The molecule has 32 heavy (non-hydrogen) atoms.